The van der Waals surface area contributed by atoms with Crippen LogP contribution in [0.25, 0.3) is 10.9 Å². The summed E-state index contributed by atoms with van der Waals surface area (Å²) in [7, 11) is 0. The number of urea groups is 1. The molecule has 6 nitrogen and oxygen atoms in total. The van der Waals surface area contributed by atoms with Crippen molar-refractivity contribution in [3.05, 3.63) is 35.5 Å². The number of hydrogen-bond donors (Lipinski definition) is 3. The lowest BCUT2D eigenvalue weighted by atomic mass is 9.91. The van der Waals surface area contributed by atoms with Crippen LogP contribution in [0.4, 0.5) is 4.79 Å². The molecule has 0 bridgehead atoms. The number of nitrogens with one attached hydrogen (secondary N) is 2. The predicted molar refractivity (Wildman–Crippen MR) is 106 cm³/mol. The van der Waals surface area contributed by atoms with Gasteiger partial charge in [0.1, 0.15) is 6.04 Å². The molecule has 3 N–H and O–H groups in total. The van der Waals surface area contributed by atoms with Crippen molar-refractivity contribution in [3.8, 4) is 0 Å². The Hall–Kier alpha value is -2.50. The number of nitrogens with zero attached hydrogens (tertiary/aromatic N) is 1. The fourth-order valence-corrected chi connectivity index (χ4v) is 4.11. The van der Waals surface area contributed by atoms with Crippen LogP contribution in [0.15, 0.2) is 24.3 Å². The van der Waals surface area contributed by atoms with Crippen molar-refractivity contribution in [1.29, 1.82) is 0 Å². The number of amides is 2. The van der Waals surface area contributed by atoms with Gasteiger partial charge in [0, 0.05) is 29.2 Å². The lowest BCUT2D eigenvalue weighted by Gasteiger charge is -2.26. The predicted octanol–water partition coefficient (Wildman–Crippen LogP) is 3.63. The molecule has 0 fully saturated rings. The molecular weight excluding hydrogens is 342 g/mol. The number of unbranched alkanes of at least 4 members (excludes halogenated alkanes) is 1. The molecule has 1 heterocycles. The number of carboxylic acids is 1. The van der Waals surface area contributed by atoms with Crippen LogP contribution in [0, 0.1) is 0 Å². The fraction of sp³-hybridized carbons (Fsp3) is 0.524. The van der Waals surface area contributed by atoms with Crippen LogP contribution in [0.3, 0.4) is 0 Å². The highest BCUT2D eigenvalue weighted by Gasteiger charge is 2.30. The Morgan fingerprint density at radius 2 is 2.07 bits per heavy atom. The minimum atomic E-state index is -0.795. The molecule has 1 aromatic heterocycles. The van der Waals surface area contributed by atoms with E-state index in [-0.39, 0.29) is 12.1 Å². The minimum Gasteiger partial charge on any atom is -0.480 e. The van der Waals surface area contributed by atoms with Gasteiger partial charge in [-0.05, 0) is 43.7 Å². The Morgan fingerprint density at radius 3 is 2.78 bits per heavy atom. The van der Waals surface area contributed by atoms with Gasteiger partial charge >= 0.3 is 12.0 Å². The van der Waals surface area contributed by atoms with E-state index >= 15 is 0 Å². The molecular formula is C21H29N3O3. The van der Waals surface area contributed by atoms with E-state index in [1.54, 1.807) is 0 Å². The number of aromatic nitrogens is 1. The third-order valence-corrected chi connectivity index (χ3v) is 5.44. The van der Waals surface area contributed by atoms with Crippen LogP contribution < -0.4 is 10.6 Å². The standard InChI is InChI=1S/C21H29N3O3/c1-3-5-12-22-21(27)23-14-10-11-19-16(13-14)15-8-6-7-9-18(15)24(19)17(4-2)20(25)26/h6-9,14,17H,3-5,10-13H2,1-2H3,(H,25,26)(H2,22,23,27). The van der Waals surface area contributed by atoms with Crippen molar-refractivity contribution in [3.63, 3.8) is 0 Å². The van der Waals surface area contributed by atoms with Gasteiger partial charge in [0.2, 0.25) is 0 Å². The monoisotopic (exact) mass is 371 g/mol. The van der Waals surface area contributed by atoms with Gasteiger partial charge in [-0.25, -0.2) is 9.59 Å². The van der Waals surface area contributed by atoms with Crippen LogP contribution in [-0.4, -0.2) is 34.3 Å². The largest absolute Gasteiger partial charge is 0.480 e. The molecule has 6 heteroatoms. The molecule has 2 unspecified atom stereocenters. The average molecular weight is 371 g/mol. The number of aliphatic carboxylic acids is 1. The number of carboxylic acid groups (broad SMARTS) is 1. The number of para-hydroxylation sites is 1. The number of benzene rings is 1. The molecule has 1 aliphatic carbocycles. The fourth-order valence-electron chi connectivity index (χ4n) is 4.11. The third-order valence-electron chi connectivity index (χ3n) is 5.44. The van der Waals surface area contributed by atoms with E-state index in [2.05, 4.69) is 23.6 Å². The molecule has 0 spiro atoms. The van der Waals surface area contributed by atoms with Crippen LogP contribution >= 0.6 is 0 Å². The highest BCUT2D eigenvalue weighted by Crippen LogP contribution is 2.35. The first-order chi connectivity index (χ1) is 13.1. The van der Waals surface area contributed by atoms with Gasteiger partial charge < -0.3 is 20.3 Å². The molecule has 0 saturated carbocycles. The second-order valence-corrected chi connectivity index (χ2v) is 7.27. The van der Waals surface area contributed by atoms with Crippen molar-refractivity contribution in [2.45, 2.75) is 64.5 Å². The van der Waals surface area contributed by atoms with Crippen LogP contribution in [-0.2, 0) is 17.6 Å². The zero-order valence-corrected chi connectivity index (χ0v) is 16.1. The summed E-state index contributed by atoms with van der Waals surface area (Å²) >= 11 is 0. The molecule has 1 aromatic carbocycles. The van der Waals surface area contributed by atoms with Crippen molar-refractivity contribution >= 4 is 22.9 Å². The number of rotatable bonds is 7. The molecule has 0 radical (unpaired) electrons. The van der Waals surface area contributed by atoms with Gasteiger partial charge in [-0.2, -0.15) is 0 Å². The van der Waals surface area contributed by atoms with E-state index in [1.165, 1.54) is 5.56 Å². The summed E-state index contributed by atoms with van der Waals surface area (Å²) < 4.78 is 2.00. The lowest BCUT2D eigenvalue weighted by Crippen LogP contribution is -2.44. The van der Waals surface area contributed by atoms with Crippen molar-refractivity contribution in [2.75, 3.05) is 6.54 Å². The second kappa shape index (κ2) is 8.46. The minimum absolute atomic E-state index is 0.0725. The van der Waals surface area contributed by atoms with E-state index in [0.29, 0.717) is 13.0 Å². The van der Waals surface area contributed by atoms with E-state index in [9.17, 15) is 14.7 Å². The number of carbonyl (C=O) groups is 2. The van der Waals surface area contributed by atoms with Crippen LogP contribution in [0.5, 0.6) is 0 Å². The molecule has 0 aliphatic heterocycles. The normalized spacial score (nSPS) is 17.3. The van der Waals surface area contributed by atoms with Gasteiger partial charge in [0.25, 0.3) is 0 Å². The first-order valence-electron chi connectivity index (χ1n) is 9.94. The number of fused-ring (bicyclic) bond motifs is 3. The molecule has 146 valence electrons. The maximum atomic E-state index is 12.1. The van der Waals surface area contributed by atoms with Gasteiger partial charge in [0.05, 0.1) is 0 Å². The number of hydrogen-bond acceptors (Lipinski definition) is 2. The molecule has 0 saturated heterocycles. The maximum absolute atomic E-state index is 12.1. The van der Waals surface area contributed by atoms with Crippen LogP contribution in [0.1, 0.15) is 56.8 Å². The average Bonchev–Trinajstić information content (AvgIpc) is 2.97. The molecule has 1 aliphatic rings. The van der Waals surface area contributed by atoms with Crippen molar-refractivity contribution in [1.82, 2.24) is 15.2 Å². The van der Waals surface area contributed by atoms with Gasteiger partial charge in [-0.1, -0.05) is 38.5 Å². The highest BCUT2D eigenvalue weighted by molar-refractivity contribution is 5.88. The van der Waals surface area contributed by atoms with E-state index < -0.39 is 12.0 Å². The van der Waals surface area contributed by atoms with Gasteiger partial charge in [-0.3, -0.25) is 0 Å². The van der Waals surface area contributed by atoms with E-state index in [0.717, 1.165) is 48.7 Å². The molecule has 2 atom stereocenters. The zero-order valence-electron chi connectivity index (χ0n) is 16.1. The summed E-state index contributed by atoms with van der Waals surface area (Å²) in [5.41, 5.74) is 3.26. The summed E-state index contributed by atoms with van der Waals surface area (Å²) in [4.78, 5) is 23.9. The van der Waals surface area contributed by atoms with Gasteiger partial charge in [0.15, 0.2) is 0 Å². The Morgan fingerprint density at radius 1 is 1.30 bits per heavy atom. The third kappa shape index (κ3) is 3.94. The summed E-state index contributed by atoms with van der Waals surface area (Å²) in [5, 5.41) is 16.8. The van der Waals surface area contributed by atoms with E-state index in [4.69, 9.17) is 0 Å². The lowest BCUT2D eigenvalue weighted by molar-refractivity contribution is -0.140. The summed E-state index contributed by atoms with van der Waals surface area (Å²) in [6.07, 6.45) is 4.90. The second-order valence-electron chi connectivity index (χ2n) is 7.27. The molecule has 2 aromatic rings. The summed E-state index contributed by atoms with van der Waals surface area (Å²) in [6.45, 7) is 4.70. The van der Waals surface area contributed by atoms with Crippen LogP contribution in [0.2, 0.25) is 0 Å². The smallest absolute Gasteiger partial charge is 0.326 e. The summed E-state index contributed by atoms with van der Waals surface area (Å²) in [5.74, 6) is -0.795. The molecule has 27 heavy (non-hydrogen) atoms. The molecule has 2 amide bonds. The zero-order chi connectivity index (χ0) is 19.4. The SMILES string of the molecule is CCCCNC(=O)NC1CCc2c(c3ccccc3n2C(CC)C(=O)O)C1. The van der Waals surface area contributed by atoms with E-state index in [1.807, 2.05) is 29.7 Å². The first-order valence-corrected chi connectivity index (χ1v) is 9.94. The Kier molecular flexibility index (Phi) is 6.04. The maximum Gasteiger partial charge on any atom is 0.326 e. The Bertz CT molecular complexity index is 827. The van der Waals surface area contributed by atoms with Crippen molar-refractivity contribution in [2.24, 2.45) is 0 Å². The topological polar surface area (TPSA) is 83.4 Å². The Balaban J connectivity index is 1.86. The first kappa shape index (κ1) is 19.3. The highest BCUT2D eigenvalue weighted by atomic mass is 16.4. The van der Waals surface area contributed by atoms with Gasteiger partial charge in [-0.15, -0.1) is 0 Å². The van der Waals surface area contributed by atoms with Crippen molar-refractivity contribution < 1.29 is 14.7 Å². The Labute approximate surface area is 159 Å². The summed E-state index contributed by atoms with van der Waals surface area (Å²) in [6, 6.07) is 7.41. The number of carbonyl (C=O) groups excluding carboxylic acids is 1. The quantitative estimate of drug-likeness (QED) is 0.650. The molecule has 3 rings (SSSR count).